The normalized spacial score (nSPS) is 14.9. The van der Waals surface area contributed by atoms with Crippen molar-refractivity contribution in [3.63, 3.8) is 0 Å². The third-order valence-electron chi connectivity index (χ3n) is 2.22. The van der Waals surface area contributed by atoms with E-state index in [1.165, 1.54) is 11.5 Å². The molecule has 0 aliphatic carbocycles. The minimum atomic E-state index is -0.764. The summed E-state index contributed by atoms with van der Waals surface area (Å²) in [6.07, 6.45) is 1.96. The predicted molar refractivity (Wildman–Crippen MR) is 71.6 cm³/mol. The van der Waals surface area contributed by atoms with E-state index in [2.05, 4.69) is 21.6 Å². The maximum atomic E-state index is 10.1. The molecule has 0 amide bonds. The molecule has 0 bridgehead atoms. The van der Waals surface area contributed by atoms with Crippen LogP contribution in [-0.4, -0.2) is 52.1 Å². The maximum absolute atomic E-state index is 10.1. The van der Waals surface area contributed by atoms with Crippen LogP contribution in [0.15, 0.2) is 0 Å². The molecule has 1 aromatic rings. The molecule has 0 saturated carbocycles. The van der Waals surface area contributed by atoms with E-state index in [1.807, 2.05) is 25.9 Å². The van der Waals surface area contributed by atoms with Crippen molar-refractivity contribution in [2.24, 2.45) is 0 Å². The summed E-state index contributed by atoms with van der Waals surface area (Å²) >= 11 is 1.35. The van der Waals surface area contributed by atoms with Crippen molar-refractivity contribution in [2.75, 3.05) is 32.5 Å². The third-order valence-corrected chi connectivity index (χ3v) is 2.93. The summed E-state index contributed by atoms with van der Waals surface area (Å²) < 4.78 is 4.24. The zero-order valence-corrected chi connectivity index (χ0v) is 11.8. The van der Waals surface area contributed by atoms with E-state index in [1.54, 1.807) is 0 Å². The van der Waals surface area contributed by atoms with Crippen molar-refractivity contribution in [3.05, 3.63) is 5.82 Å². The molecule has 17 heavy (non-hydrogen) atoms. The summed E-state index contributed by atoms with van der Waals surface area (Å²) in [4.78, 5) is 6.32. The van der Waals surface area contributed by atoms with Crippen LogP contribution < -0.4 is 5.32 Å². The first-order valence-corrected chi connectivity index (χ1v) is 6.64. The molecule has 1 atom stereocenters. The molecule has 0 spiro atoms. The Kier molecular flexibility index (Phi) is 5.30. The number of hydrogen-bond acceptors (Lipinski definition) is 6. The largest absolute Gasteiger partial charge is 0.387 e. The van der Waals surface area contributed by atoms with Gasteiger partial charge in [-0.1, -0.05) is 6.92 Å². The van der Waals surface area contributed by atoms with E-state index >= 15 is 0 Å². The molecule has 2 N–H and O–H groups in total. The Balaban J connectivity index is 2.43. The fourth-order valence-corrected chi connectivity index (χ4v) is 2.26. The van der Waals surface area contributed by atoms with Crippen LogP contribution in [0, 0.1) is 0 Å². The Morgan fingerprint density at radius 2 is 2.18 bits per heavy atom. The van der Waals surface area contributed by atoms with Crippen LogP contribution in [-0.2, 0) is 6.42 Å². The lowest BCUT2D eigenvalue weighted by molar-refractivity contribution is 0.0460. The number of nitrogens with zero attached hydrogens (tertiary/aromatic N) is 3. The lowest BCUT2D eigenvalue weighted by atomic mass is 10.1. The molecule has 0 fully saturated rings. The molecular formula is C11H22N4OS. The first-order chi connectivity index (χ1) is 7.93. The van der Waals surface area contributed by atoms with Gasteiger partial charge >= 0.3 is 0 Å². The molecule has 6 heteroatoms. The van der Waals surface area contributed by atoms with E-state index < -0.39 is 5.60 Å². The second-order valence-corrected chi connectivity index (χ2v) is 5.61. The number of aromatic nitrogens is 2. The Labute approximate surface area is 107 Å². The fourth-order valence-electron chi connectivity index (χ4n) is 1.65. The summed E-state index contributed by atoms with van der Waals surface area (Å²) in [5.41, 5.74) is -0.764. The molecule has 0 radical (unpaired) electrons. The molecule has 0 saturated heterocycles. The topological polar surface area (TPSA) is 61.3 Å². The van der Waals surface area contributed by atoms with Gasteiger partial charge in [0.25, 0.3) is 0 Å². The van der Waals surface area contributed by atoms with E-state index in [4.69, 9.17) is 0 Å². The monoisotopic (exact) mass is 258 g/mol. The SMILES string of the molecule is CCCc1nsc(NCC(C)(O)CN(C)C)n1. The first kappa shape index (κ1) is 14.3. The average molecular weight is 258 g/mol. The van der Waals surface area contributed by atoms with Crippen LogP contribution in [0.1, 0.15) is 26.1 Å². The standard InChI is InChI=1S/C11H22N4OS/c1-5-6-9-13-10(17-14-9)12-7-11(2,16)8-15(3)4/h16H,5-8H2,1-4H3,(H,12,13,14). The summed E-state index contributed by atoms with van der Waals surface area (Å²) in [7, 11) is 3.89. The lowest BCUT2D eigenvalue weighted by Gasteiger charge is -2.26. The second kappa shape index (κ2) is 6.28. The number of nitrogens with one attached hydrogen (secondary N) is 1. The zero-order valence-electron chi connectivity index (χ0n) is 11.0. The Morgan fingerprint density at radius 3 is 2.76 bits per heavy atom. The quantitative estimate of drug-likeness (QED) is 0.770. The Bertz CT molecular complexity index is 338. The van der Waals surface area contributed by atoms with Gasteiger partial charge in [-0.15, -0.1) is 0 Å². The molecule has 1 aromatic heterocycles. The van der Waals surface area contributed by atoms with Gasteiger partial charge in [-0.3, -0.25) is 0 Å². The van der Waals surface area contributed by atoms with Gasteiger partial charge in [0.2, 0.25) is 5.13 Å². The molecule has 0 aliphatic rings. The minimum absolute atomic E-state index is 0.478. The highest BCUT2D eigenvalue weighted by atomic mass is 32.1. The maximum Gasteiger partial charge on any atom is 0.202 e. The van der Waals surface area contributed by atoms with Crippen LogP contribution in [0.5, 0.6) is 0 Å². The lowest BCUT2D eigenvalue weighted by Crippen LogP contribution is -2.43. The number of aliphatic hydroxyl groups is 1. The number of likely N-dealkylation sites (N-methyl/N-ethyl adjacent to an activating group) is 1. The molecule has 98 valence electrons. The minimum Gasteiger partial charge on any atom is -0.387 e. The van der Waals surface area contributed by atoms with E-state index in [9.17, 15) is 5.11 Å². The fraction of sp³-hybridized carbons (Fsp3) is 0.818. The van der Waals surface area contributed by atoms with Crippen LogP contribution in [0.4, 0.5) is 5.13 Å². The van der Waals surface area contributed by atoms with Crippen molar-refractivity contribution in [2.45, 2.75) is 32.3 Å². The summed E-state index contributed by atoms with van der Waals surface area (Å²) in [6.45, 7) is 5.01. The van der Waals surface area contributed by atoms with Gasteiger partial charge in [0.05, 0.1) is 5.60 Å². The Morgan fingerprint density at radius 1 is 1.47 bits per heavy atom. The van der Waals surface area contributed by atoms with Gasteiger partial charge in [-0.2, -0.15) is 4.37 Å². The van der Waals surface area contributed by atoms with Gasteiger partial charge in [-0.05, 0) is 27.4 Å². The molecule has 1 rings (SSSR count). The highest BCUT2D eigenvalue weighted by Crippen LogP contribution is 2.14. The molecule has 5 nitrogen and oxygen atoms in total. The molecule has 0 aliphatic heterocycles. The molecule has 1 unspecified atom stereocenters. The highest BCUT2D eigenvalue weighted by Gasteiger charge is 2.21. The van der Waals surface area contributed by atoms with Gasteiger partial charge in [0.1, 0.15) is 5.82 Å². The summed E-state index contributed by atoms with van der Waals surface area (Å²) in [5.74, 6) is 0.882. The number of aryl methyl sites for hydroxylation is 1. The zero-order chi connectivity index (χ0) is 12.9. The van der Waals surface area contributed by atoms with E-state index in [-0.39, 0.29) is 0 Å². The van der Waals surface area contributed by atoms with Gasteiger partial charge < -0.3 is 15.3 Å². The van der Waals surface area contributed by atoms with Crippen LogP contribution >= 0.6 is 11.5 Å². The highest BCUT2D eigenvalue weighted by molar-refractivity contribution is 7.09. The number of anilines is 1. The van der Waals surface area contributed by atoms with Crippen LogP contribution in [0.2, 0.25) is 0 Å². The summed E-state index contributed by atoms with van der Waals surface area (Å²) in [6, 6.07) is 0. The average Bonchev–Trinajstić information content (AvgIpc) is 2.62. The predicted octanol–water partition coefficient (Wildman–Crippen LogP) is 1.22. The van der Waals surface area contributed by atoms with Gasteiger partial charge in [0, 0.05) is 31.0 Å². The van der Waals surface area contributed by atoms with Gasteiger partial charge in [-0.25, -0.2) is 4.98 Å². The molecule has 1 heterocycles. The second-order valence-electron chi connectivity index (χ2n) is 4.85. The number of hydrogen-bond donors (Lipinski definition) is 2. The van der Waals surface area contributed by atoms with Gasteiger partial charge in [0.15, 0.2) is 0 Å². The van der Waals surface area contributed by atoms with E-state index in [0.717, 1.165) is 23.8 Å². The number of rotatable bonds is 7. The Hall–Kier alpha value is -0.720. The summed E-state index contributed by atoms with van der Waals surface area (Å²) in [5, 5.41) is 14.0. The smallest absolute Gasteiger partial charge is 0.202 e. The molecular weight excluding hydrogens is 236 g/mol. The van der Waals surface area contributed by atoms with Crippen molar-refractivity contribution in [1.29, 1.82) is 0 Å². The van der Waals surface area contributed by atoms with Crippen molar-refractivity contribution in [1.82, 2.24) is 14.3 Å². The first-order valence-electron chi connectivity index (χ1n) is 5.86. The van der Waals surface area contributed by atoms with E-state index in [0.29, 0.717) is 13.1 Å². The molecule has 0 aromatic carbocycles. The van der Waals surface area contributed by atoms with Crippen molar-refractivity contribution >= 4 is 16.7 Å². The van der Waals surface area contributed by atoms with Crippen LogP contribution in [0.3, 0.4) is 0 Å². The van der Waals surface area contributed by atoms with Crippen LogP contribution in [0.25, 0.3) is 0 Å². The third kappa shape index (κ3) is 5.43. The van der Waals surface area contributed by atoms with Crippen molar-refractivity contribution < 1.29 is 5.11 Å². The van der Waals surface area contributed by atoms with Crippen molar-refractivity contribution in [3.8, 4) is 0 Å².